The lowest BCUT2D eigenvalue weighted by molar-refractivity contribution is -0.139. The minimum atomic E-state index is -1.18. The fraction of sp³-hybridized carbons (Fsp3) is 0.333. The van der Waals surface area contributed by atoms with Gasteiger partial charge in [-0.25, -0.2) is 4.79 Å². The Morgan fingerprint density at radius 3 is 1.83 bits per heavy atom. The van der Waals surface area contributed by atoms with Crippen molar-refractivity contribution in [3.63, 3.8) is 0 Å². The number of nitrogens with two attached hydrogens (primary N) is 1. The van der Waals surface area contributed by atoms with Gasteiger partial charge in [0.1, 0.15) is 6.04 Å². The number of hydrogen-bond acceptors (Lipinski definition) is 4. The van der Waals surface area contributed by atoms with Crippen LogP contribution in [0.25, 0.3) is 0 Å². The molecule has 0 aliphatic heterocycles. The Bertz CT molecular complexity index is 167. The van der Waals surface area contributed by atoms with Crippen LogP contribution in [0.3, 0.4) is 0 Å². The van der Waals surface area contributed by atoms with Crippen molar-refractivity contribution in [3.8, 4) is 0 Å². The van der Waals surface area contributed by atoms with E-state index in [1.54, 1.807) is 0 Å². The Morgan fingerprint density at radius 1 is 1.50 bits per heavy atom. The average Bonchev–Trinajstić information content (AvgIpc) is 2.04. The van der Waals surface area contributed by atoms with Crippen LogP contribution in [0.15, 0.2) is 12.7 Å². The number of rotatable bonds is 3. The van der Waals surface area contributed by atoms with Gasteiger partial charge >= 0.3 is 11.9 Å². The molecule has 0 fully saturated rings. The maximum absolute atomic E-state index is 9.65. The van der Waals surface area contributed by atoms with Gasteiger partial charge in [-0.3, -0.25) is 4.79 Å². The smallest absolute Gasteiger partial charge is 0.327 e. The van der Waals surface area contributed by atoms with Crippen LogP contribution in [0.2, 0.25) is 0 Å². The second-order valence-electron chi connectivity index (χ2n) is 1.67. The van der Waals surface area contributed by atoms with Crippen molar-refractivity contribution in [1.82, 2.24) is 0 Å². The first kappa shape index (κ1) is 13.2. The molecule has 0 aliphatic carbocycles. The summed E-state index contributed by atoms with van der Waals surface area (Å²) >= 11 is 0. The molecular weight excluding hydrogens is 166 g/mol. The van der Waals surface area contributed by atoms with Gasteiger partial charge in [-0.15, -0.1) is 0 Å². The van der Waals surface area contributed by atoms with Crippen LogP contribution < -0.4 is 5.73 Å². The number of aliphatic carboxylic acids is 2. The molecular formula is C6H11NO5. The van der Waals surface area contributed by atoms with E-state index >= 15 is 0 Å². The maximum Gasteiger partial charge on any atom is 0.327 e. The molecule has 0 aromatic heterocycles. The van der Waals surface area contributed by atoms with Gasteiger partial charge in [-0.05, 0) is 0 Å². The second kappa shape index (κ2) is 7.70. The number of hydrogen-bond donors (Lipinski definition) is 4. The molecule has 0 saturated carbocycles. The molecule has 6 heteroatoms. The molecule has 0 amide bonds. The van der Waals surface area contributed by atoms with E-state index in [2.05, 4.69) is 6.58 Å². The Labute approximate surface area is 68.9 Å². The van der Waals surface area contributed by atoms with Gasteiger partial charge in [0.2, 0.25) is 0 Å². The first-order valence-electron chi connectivity index (χ1n) is 2.90. The molecule has 0 radical (unpaired) electrons. The molecule has 12 heavy (non-hydrogen) atoms. The van der Waals surface area contributed by atoms with E-state index in [1.165, 1.54) is 0 Å². The predicted molar refractivity (Wildman–Crippen MR) is 40.5 cm³/mol. The molecule has 0 aliphatic rings. The van der Waals surface area contributed by atoms with Crippen molar-refractivity contribution in [2.24, 2.45) is 5.73 Å². The van der Waals surface area contributed by atoms with Crippen molar-refractivity contribution < 1.29 is 24.9 Å². The summed E-state index contributed by atoms with van der Waals surface area (Å²) in [6.45, 7) is 2.46. The zero-order chi connectivity index (χ0) is 10.1. The third-order valence-corrected chi connectivity index (χ3v) is 0.689. The largest absolute Gasteiger partial charge is 0.480 e. The summed E-state index contributed by atoms with van der Waals surface area (Å²) in [5.74, 6) is -2.16. The average molecular weight is 177 g/mol. The van der Waals surface area contributed by atoms with Crippen molar-refractivity contribution >= 4 is 11.9 Å². The van der Waals surface area contributed by atoms with E-state index in [9.17, 15) is 9.59 Å². The van der Waals surface area contributed by atoms with Gasteiger partial charge in [0.25, 0.3) is 0 Å². The minimum absolute atomic E-state index is 0.505. The Hall–Kier alpha value is -1.40. The number of carbonyl (C=O) groups is 2. The summed E-state index contributed by atoms with van der Waals surface area (Å²) < 4.78 is 0. The number of aliphatic hydroxyl groups excluding tert-OH is 1. The highest BCUT2D eigenvalue weighted by Gasteiger charge is 2.06. The molecule has 0 saturated heterocycles. The summed E-state index contributed by atoms with van der Waals surface area (Å²) in [5, 5.41) is 23.5. The zero-order valence-electron chi connectivity index (χ0n) is 6.30. The van der Waals surface area contributed by atoms with E-state index < -0.39 is 24.6 Å². The highest BCUT2D eigenvalue weighted by molar-refractivity contribution is 5.78. The Kier molecular flexibility index (Phi) is 8.48. The Balaban J connectivity index is 0. The van der Waals surface area contributed by atoms with Crippen molar-refractivity contribution in [1.29, 1.82) is 0 Å². The Morgan fingerprint density at radius 2 is 1.83 bits per heavy atom. The number of carboxylic acid groups (broad SMARTS) is 2. The predicted octanol–water partition coefficient (Wildman–Crippen LogP) is -1.35. The van der Waals surface area contributed by atoms with E-state index in [4.69, 9.17) is 21.1 Å². The van der Waals surface area contributed by atoms with Crippen LogP contribution in [0.1, 0.15) is 0 Å². The molecule has 5 N–H and O–H groups in total. The molecule has 0 heterocycles. The van der Waals surface area contributed by atoms with Gasteiger partial charge in [-0.1, -0.05) is 6.58 Å². The van der Waals surface area contributed by atoms with Crippen molar-refractivity contribution in [2.75, 3.05) is 6.61 Å². The maximum atomic E-state index is 9.65. The fourth-order valence-corrected chi connectivity index (χ4v) is 0.0781. The van der Waals surface area contributed by atoms with Gasteiger partial charge in [0.15, 0.2) is 0 Å². The lowest BCUT2D eigenvalue weighted by atomic mass is 10.3. The molecule has 0 bridgehead atoms. The van der Waals surface area contributed by atoms with Crippen LogP contribution in [0.4, 0.5) is 0 Å². The van der Waals surface area contributed by atoms with Crippen LogP contribution in [0, 0.1) is 0 Å². The van der Waals surface area contributed by atoms with Crippen LogP contribution in [-0.4, -0.2) is 39.9 Å². The standard InChI is InChI=1S/C3H7NO3.C3H4O2/c4-2(1-5)3(6)7;1-2-3(4)5/h2,5H,1,4H2,(H,6,7);2H,1H2,(H,4,5)/t2-;/m0./s1. The highest BCUT2D eigenvalue weighted by Crippen LogP contribution is 1.71. The van der Waals surface area contributed by atoms with E-state index in [0.29, 0.717) is 0 Å². The summed E-state index contributed by atoms with van der Waals surface area (Å²) in [5.41, 5.74) is 4.77. The molecule has 6 nitrogen and oxygen atoms in total. The molecule has 70 valence electrons. The molecule has 1 atom stereocenters. The lowest BCUT2D eigenvalue weighted by Gasteiger charge is -1.96. The number of aliphatic hydroxyl groups is 1. The van der Waals surface area contributed by atoms with Crippen molar-refractivity contribution in [3.05, 3.63) is 12.7 Å². The van der Waals surface area contributed by atoms with E-state index in [-0.39, 0.29) is 0 Å². The van der Waals surface area contributed by atoms with Gasteiger partial charge in [0.05, 0.1) is 6.61 Å². The minimum Gasteiger partial charge on any atom is -0.480 e. The molecule has 0 aromatic carbocycles. The normalized spacial score (nSPS) is 10.5. The highest BCUT2D eigenvalue weighted by atomic mass is 16.4. The SMILES string of the molecule is C=CC(=O)O.N[C@@H](CO)C(=O)O. The van der Waals surface area contributed by atoms with Gasteiger partial charge < -0.3 is 21.1 Å². The summed E-state index contributed by atoms with van der Waals surface area (Å²) in [4.78, 5) is 18.9. The first-order chi connectivity index (χ1) is 5.45. The van der Waals surface area contributed by atoms with E-state index in [1.807, 2.05) is 0 Å². The lowest BCUT2D eigenvalue weighted by Crippen LogP contribution is -2.33. The number of carboxylic acids is 2. The zero-order valence-corrected chi connectivity index (χ0v) is 6.30. The molecule has 0 unspecified atom stereocenters. The topological polar surface area (TPSA) is 121 Å². The molecule has 0 aromatic rings. The summed E-state index contributed by atoms with van der Waals surface area (Å²) in [6.07, 6.45) is 0.833. The summed E-state index contributed by atoms with van der Waals surface area (Å²) in [6, 6.07) is -1.13. The van der Waals surface area contributed by atoms with Crippen LogP contribution in [0.5, 0.6) is 0 Å². The monoisotopic (exact) mass is 177 g/mol. The molecule has 0 spiro atoms. The van der Waals surface area contributed by atoms with E-state index in [0.717, 1.165) is 6.08 Å². The quantitative estimate of drug-likeness (QED) is 0.395. The summed E-state index contributed by atoms with van der Waals surface area (Å²) in [7, 11) is 0. The molecule has 0 rings (SSSR count). The third kappa shape index (κ3) is 11.4. The van der Waals surface area contributed by atoms with Gasteiger partial charge in [-0.2, -0.15) is 0 Å². The third-order valence-electron chi connectivity index (χ3n) is 0.689. The fourth-order valence-electron chi connectivity index (χ4n) is 0.0781. The van der Waals surface area contributed by atoms with Crippen LogP contribution in [-0.2, 0) is 9.59 Å². The second-order valence-corrected chi connectivity index (χ2v) is 1.67. The van der Waals surface area contributed by atoms with Crippen LogP contribution >= 0.6 is 0 Å². The van der Waals surface area contributed by atoms with Gasteiger partial charge in [0, 0.05) is 6.08 Å². The first-order valence-corrected chi connectivity index (χ1v) is 2.90. The van der Waals surface area contributed by atoms with Crippen molar-refractivity contribution in [2.45, 2.75) is 6.04 Å².